The summed E-state index contributed by atoms with van der Waals surface area (Å²) < 4.78 is 10.5. The van der Waals surface area contributed by atoms with E-state index < -0.39 is 22.1 Å². The fraction of sp³-hybridized carbons (Fsp3) is 0.100. The van der Waals surface area contributed by atoms with Gasteiger partial charge in [-0.3, -0.25) is 4.79 Å². The van der Waals surface area contributed by atoms with E-state index in [2.05, 4.69) is 4.74 Å². The molecule has 0 aromatic heterocycles. The summed E-state index contributed by atoms with van der Waals surface area (Å²) in [6, 6.07) is 3.09. The van der Waals surface area contributed by atoms with Gasteiger partial charge in [0, 0.05) is 19.5 Å². The molecule has 0 aliphatic heterocycles. The zero-order valence-corrected chi connectivity index (χ0v) is 16.0. The second-order valence-corrected chi connectivity index (χ2v) is 3.05. The molecular weight excluding hydrogens is 416 g/mol. The van der Waals surface area contributed by atoms with Gasteiger partial charge >= 0.3 is 11.9 Å². The van der Waals surface area contributed by atoms with Crippen molar-refractivity contribution >= 4 is 26.2 Å². The van der Waals surface area contributed by atoms with E-state index in [1.807, 2.05) is 0 Å². The van der Waals surface area contributed by atoms with E-state index >= 15 is 0 Å². The predicted octanol–water partition coefficient (Wildman–Crippen LogP) is -0.144. The minimum absolute atomic E-state index is 0. The second kappa shape index (κ2) is 18.1. The van der Waals surface area contributed by atoms with Crippen molar-refractivity contribution in [3.63, 3.8) is 0 Å². The van der Waals surface area contributed by atoms with E-state index in [9.17, 15) is 14.4 Å². The van der Waals surface area contributed by atoms with E-state index in [-0.39, 0.29) is 42.8 Å². The van der Waals surface area contributed by atoms with Gasteiger partial charge in [0.1, 0.15) is 5.75 Å². The molecule has 0 bridgehead atoms. The number of carboxylic acid groups (broad SMARTS) is 2. The van der Waals surface area contributed by atoms with Crippen LogP contribution in [0.5, 0.6) is 5.75 Å². The van der Waals surface area contributed by atoms with Gasteiger partial charge in [-0.25, -0.2) is 9.59 Å². The smallest absolute Gasteiger partial charge is 0.335 e. The summed E-state index contributed by atoms with van der Waals surface area (Å²) in [4.78, 5) is 47.9. The molecule has 4 N–H and O–H groups in total. The van der Waals surface area contributed by atoms with Crippen molar-refractivity contribution in [3.05, 3.63) is 49.6 Å². The summed E-state index contributed by atoms with van der Waals surface area (Å²) in [5.74, 6) is -2.72. The van der Waals surface area contributed by atoms with Crippen molar-refractivity contribution in [2.75, 3.05) is 0 Å². The third kappa shape index (κ3) is 20.7. The third-order valence-electron chi connectivity index (χ3n) is 1.58. The first kappa shape index (κ1) is 27.6. The first-order valence-electron chi connectivity index (χ1n) is 6.05. The summed E-state index contributed by atoms with van der Waals surface area (Å²) >= 11 is 0. The van der Waals surface area contributed by atoms with Gasteiger partial charge < -0.3 is 25.4 Å². The minimum Gasteiger partial charge on any atom is -0.478 e. The van der Waals surface area contributed by atoms with Gasteiger partial charge in [-0.05, 0) is 19.5 Å². The van der Waals surface area contributed by atoms with Crippen LogP contribution in [0.3, 0.4) is 0 Å². The van der Waals surface area contributed by atoms with Crippen molar-refractivity contribution < 1.29 is 69.4 Å². The Hall–Kier alpha value is -3.28. The van der Waals surface area contributed by atoms with Crippen LogP contribution >= 0.6 is 0 Å². The van der Waals surface area contributed by atoms with Crippen LogP contribution in [0.4, 0.5) is 0 Å². The van der Waals surface area contributed by atoms with Crippen LogP contribution in [0.2, 0.25) is 6.82 Å². The van der Waals surface area contributed by atoms with Crippen molar-refractivity contribution in [2.24, 2.45) is 0 Å². The number of carboxylic acids is 2. The standard InChI is InChI=1S/C9H6O6.CH4B.2HNO3.Zn/c10-4-15-7-2-5(8(11)12)1-6(3-7)9(13)14;1-2;2*2-1(3)4;/h1-4H,(H,11,12)(H,13,14);2H,1H3;2*(H,2,3,4);/i;2T;;;. The van der Waals surface area contributed by atoms with E-state index in [4.69, 9.17) is 42.2 Å². The minimum atomic E-state index is -1.50. The van der Waals surface area contributed by atoms with Crippen LogP contribution in [0.25, 0.3) is 0 Å². The largest absolute Gasteiger partial charge is 0.478 e. The van der Waals surface area contributed by atoms with Crippen LogP contribution < -0.4 is 4.74 Å². The molecule has 14 nitrogen and oxygen atoms in total. The van der Waals surface area contributed by atoms with Crippen LogP contribution in [-0.2, 0) is 24.3 Å². The zero-order valence-electron chi connectivity index (χ0n) is 14.0. The summed E-state index contributed by atoms with van der Waals surface area (Å²) in [6.45, 7) is 1.76. The summed E-state index contributed by atoms with van der Waals surface area (Å²) in [5, 5.41) is 44.6. The van der Waals surface area contributed by atoms with Crippen LogP contribution in [0.1, 0.15) is 20.7 Å². The SMILES string of the molecule is O=COc1cc(C(=O)O)cc(C(=O)O)c1.O=[N+]([O-])O.O=[N+]([O-])O.[3H][B]C.[Zn]. The molecule has 0 fully saturated rings. The molecule has 1 radical (unpaired) electrons. The predicted molar refractivity (Wildman–Crippen MR) is 77.6 cm³/mol. The van der Waals surface area contributed by atoms with E-state index in [1.54, 1.807) is 6.82 Å². The number of hydrogen-bond acceptors (Lipinski definition) is 8. The Morgan fingerprint density at radius 3 is 1.58 bits per heavy atom. The molecule has 16 heteroatoms. The van der Waals surface area contributed by atoms with Crippen LogP contribution in [0, 0.1) is 20.2 Å². The molecule has 1 aromatic rings. The van der Waals surface area contributed by atoms with E-state index in [0.717, 1.165) is 18.2 Å². The van der Waals surface area contributed by atoms with Crippen molar-refractivity contribution in [3.8, 4) is 5.75 Å². The number of nitrogens with zero attached hydrogens (tertiary/aromatic N) is 2. The fourth-order valence-electron chi connectivity index (χ4n) is 0.970. The first-order valence-corrected chi connectivity index (χ1v) is 5.47. The van der Waals surface area contributed by atoms with Gasteiger partial charge in [-0.15, -0.1) is 20.2 Å². The van der Waals surface area contributed by atoms with Gasteiger partial charge in [-0.2, -0.15) is 0 Å². The molecule has 139 valence electrons. The fourth-order valence-corrected chi connectivity index (χ4v) is 0.970. The number of aromatic carboxylic acids is 2. The molecule has 0 spiro atoms. The third-order valence-corrected chi connectivity index (χ3v) is 1.58. The Morgan fingerprint density at radius 1 is 1.12 bits per heavy atom. The van der Waals surface area contributed by atoms with Crippen molar-refractivity contribution in [1.82, 2.24) is 0 Å². The number of benzene rings is 1. The molecule has 0 saturated heterocycles. The summed E-state index contributed by atoms with van der Waals surface area (Å²) in [7, 11) is 1.25. The molecule has 0 aliphatic rings. The molecule has 26 heavy (non-hydrogen) atoms. The maximum atomic E-state index is 10.6. The first-order chi connectivity index (χ1) is 11.9. The topological polar surface area (TPSA) is 228 Å². The molecule has 0 amide bonds. The van der Waals surface area contributed by atoms with Gasteiger partial charge in [0.05, 0.1) is 18.9 Å². The Bertz CT molecular complexity index is 580. The Morgan fingerprint density at radius 2 is 1.38 bits per heavy atom. The molecule has 0 saturated carbocycles. The Kier molecular flexibility index (Phi) is 19.1. The second-order valence-electron chi connectivity index (χ2n) is 3.05. The number of hydrogen-bond donors (Lipinski definition) is 4. The number of ether oxygens (including phenoxy) is 1. The number of rotatable bonds is 4. The normalized spacial score (nSPS) is 7.81. The summed E-state index contributed by atoms with van der Waals surface area (Å²) in [5.41, 5.74) is -0.515. The van der Waals surface area contributed by atoms with Crippen molar-refractivity contribution in [1.29, 1.82) is 1.34 Å². The van der Waals surface area contributed by atoms with Gasteiger partial charge in [0.15, 0.2) is 0 Å². The Labute approximate surface area is 159 Å². The maximum absolute atomic E-state index is 10.6. The van der Waals surface area contributed by atoms with Crippen LogP contribution in [-0.4, -0.2) is 58.4 Å². The van der Waals surface area contributed by atoms with Gasteiger partial charge in [-0.1, -0.05) is 6.82 Å². The molecule has 1 aromatic carbocycles. The number of carbonyl (C=O) groups excluding carboxylic acids is 1. The average Bonchev–Trinajstić information content (AvgIpc) is 2.46. The molecule has 0 heterocycles. The molecular formula is C10H12BN2O12Zn. The van der Waals surface area contributed by atoms with Crippen molar-refractivity contribution in [2.45, 2.75) is 6.82 Å². The van der Waals surface area contributed by atoms with E-state index in [1.165, 1.54) is 7.81 Å². The van der Waals surface area contributed by atoms with Crippen LogP contribution in [0.15, 0.2) is 18.2 Å². The molecule has 0 unspecified atom stereocenters. The number of carbonyl (C=O) groups is 3. The van der Waals surface area contributed by atoms with E-state index in [0.29, 0.717) is 0 Å². The average molecular weight is 430 g/mol. The monoisotopic (exact) mass is 429 g/mol. The molecule has 1 rings (SSSR count). The zero-order chi connectivity index (χ0) is 21.3. The molecule has 0 aliphatic carbocycles. The van der Waals surface area contributed by atoms with Gasteiger partial charge in [0.2, 0.25) is 0 Å². The summed E-state index contributed by atoms with van der Waals surface area (Å²) in [6.07, 6.45) is 0. The quantitative estimate of drug-likeness (QED) is 0.212. The Balaban J connectivity index is -0.000000183. The maximum Gasteiger partial charge on any atom is 0.335 e. The van der Waals surface area contributed by atoms with Gasteiger partial charge in [0.25, 0.3) is 16.6 Å². The molecule has 0 atom stereocenters.